The molecule has 3 heteroatoms. The Bertz CT molecular complexity index is 130. The van der Waals surface area contributed by atoms with Crippen LogP contribution in [0.25, 0.3) is 0 Å². The zero-order chi connectivity index (χ0) is 6.48. The molecule has 0 bridgehead atoms. The second-order valence-corrected chi connectivity index (χ2v) is 3.55. The van der Waals surface area contributed by atoms with E-state index in [1.807, 2.05) is 0 Å². The first kappa shape index (κ1) is 8.31. The van der Waals surface area contributed by atoms with E-state index in [1.54, 1.807) is 0 Å². The van der Waals surface area contributed by atoms with Crippen molar-refractivity contribution in [3.05, 3.63) is 0 Å². The van der Waals surface area contributed by atoms with E-state index >= 15 is 0 Å². The summed E-state index contributed by atoms with van der Waals surface area (Å²) in [4.78, 5) is 0. The molecule has 0 aromatic rings. The van der Waals surface area contributed by atoms with E-state index in [0.29, 0.717) is 5.92 Å². The van der Waals surface area contributed by atoms with Gasteiger partial charge in [0.2, 0.25) is 0 Å². The van der Waals surface area contributed by atoms with Crippen LogP contribution < -0.4 is 5.73 Å². The Morgan fingerprint density at radius 2 is 1.80 bits per heavy atom. The lowest BCUT2D eigenvalue weighted by molar-refractivity contribution is -0.0653. The van der Waals surface area contributed by atoms with Crippen molar-refractivity contribution in [1.29, 1.82) is 0 Å². The van der Waals surface area contributed by atoms with Gasteiger partial charge in [-0.3, -0.25) is 0 Å². The molecule has 3 N–H and O–H groups in total. The minimum Gasteiger partial charge on any atom is -0.389 e. The lowest BCUT2D eigenvalue weighted by Crippen LogP contribution is -2.52. The van der Waals surface area contributed by atoms with Gasteiger partial charge >= 0.3 is 0 Å². The van der Waals surface area contributed by atoms with Gasteiger partial charge in [0.1, 0.15) is 0 Å². The number of aliphatic hydroxyl groups is 1. The van der Waals surface area contributed by atoms with Crippen molar-refractivity contribution in [3.8, 4) is 0 Å². The average molecular weight is 164 g/mol. The van der Waals surface area contributed by atoms with E-state index in [1.165, 1.54) is 12.8 Å². The summed E-state index contributed by atoms with van der Waals surface area (Å²) in [6, 6.07) is 0.288. The lowest BCUT2D eigenvalue weighted by Gasteiger charge is -2.42. The number of rotatable bonds is 1. The fourth-order valence-electron chi connectivity index (χ4n) is 1.80. The monoisotopic (exact) mass is 163 g/mol. The molecule has 0 aromatic heterocycles. The molecule has 0 radical (unpaired) electrons. The van der Waals surface area contributed by atoms with Gasteiger partial charge in [0.05, 0.1) is 5.60 Å². The van der Waals surface area contributed by atoms with Crippen LogP contribution in [-0.2, 0) is 0 Å². The molecule has 0 aromatic carbocycles. The molecule has 0 heterocycles. The van der Waals surface area contributed by atoms with Gasteiger partial charge in [-0.15, -0.1) is 12.4 Å². The molecule has 0 saturated heterocycles. The summed E-state index contributed by atoms with van der Waals surface area (Å²) < 4.78 is 0. The van der Waals surface area contributed by atoms with Crippen LogP contribution in [0.3, 0.4) is 0 Å². The zero-order valence-corrected chi connectivity index (χ0v) is 6.73. The van der Waals surface area contributed by atoms with Crippen molar-refractivity contribution in [2.24, 2.45) is 11.7 Å². The normalized spacial score (nSPS) is 45.6. The standard InChI is InChI=1S/C7H13NO.ClH/c8-6-3-7(9,4-6)5-1-2-5;/h5-6,9H,1-4,8H2;1H. The first-order valence-electron chi connectivity index (χ1n) is 3.69. The minimum atomic E-state index is -0.320. The third kappa shape index (κ3) is 1.16. The molecule has 0 aliphatic heterocycles. The van der Waals surface area contributed by atoms with Crippen LogP contribution in [0.5, 0.6) is 0 Å². The van der Waals surface area contributed by atoms with Gasteiger partial charge in [0, 0.05) is 6.04 Å². The molecule has 2 saturated carbocycles. The summed E-state index contributed by atoms with van der Waals surface area (Å²) in [5.74, 6) is 0.609. The van der Waals surface area contributed by atoms with Crippen molar-refractivity contribution in [2.45, 2.75) is 37.3 Å². The Hall–Kier alpha value is 0.210. The highest BCUT2D eigenvalue weighted by atomic mass is 35.5. The Morgan fingerprint density at radius 3 is 2.10 bits per heavy atom. The minimum absolute atomic E-state index is 0. The average Bonchev–Trinajstić information content (AvgIpc) is 2.39. The maximum atomic E-state index is 9.64. The second kappa shape index (κ2) is 2.36. The maximum absolute atomic E-state index is 9.64. The van der Waals surface area contributed by atoms with Gasteiger partial charge in [-0.25, -0.2) is 0 Å². The van der Waals surface area contributed by atoms with Gasteiger partial charge in [-0.1, -0.05) is 0 Å². The van der Waals surface area contributed by atoms with Crippen LogP contribution in [0.2, 0.25) is 0 Å². The van der Waals surface area contributed by atoms with Crippen LogP contribution in [-0.4, -0.2) is 16.7 Å². The maximum Gasteiger partial charge on any atom is 0.0705 e. The largest absolute Gasteiger partial charge is 0.389 e. The first-order valence-corrected chi connectivity index (χ1v) is 3.69. The third-order valence-corrected chi connectivity index (χ3v) is 2.57. The highest BCUT2D eigenvalue weighted by Crippen LogP contribution is 2.49. The van der Waals surface area contributed by atoms with Gasteiger partial charge in [-0.05, 0) is 31.6 Å². The lowest BCUT2D eigenvalue weighted by atomic mass is 9.73. The molecule has 0 atom stereocenters. The van der Waals surface area contributed by atoms with Gasteiger partial charge in [0.15, 0.2) is 0 Å². The highest BCUT2D eigenvalue weighted by molar-refractivity contribution is 5.85. The molecule has 2 rings (SSSR count). The van der Waals surface area contributed by atoms with Gasteiger partial charge < -0.3 is 10.8 Å². The van der Waals surface area contributed by atoms with Gasteiger partial charge in [-0.2, -0.15) is 0 Å². The van der Waals surface area contributed by atoms with E-state index in [9.17, 15) is 5.11 Å². The quantitative estimate of drug-likeness (QED) is 0.597. The van der Waals surface area contributed by atoms with Crippen molar-refractivity contribution in [1.82, 2.24) is 0 Å². The van der Waals surface area contributed by atoms with Crippen LogP contribution in [0, 0.1) is 5.92 Å². The Balaban J connectivity index is 0.000000500. The van der Waals surface area contributed by atoms with E-state index in [0.717, 1.165) is 12.8 Å². The number of hydrogen-bond acceptors (Lipinski definition) is 2. The van der Waals surface area contributed by atoms with E-state index in [2.05, 4.69) is 0 Å². The van der Waals surface area contributed by atoms with Crippen LogP contribution >= 0.6 is 12.4 Å². The smallest absolute Gasteiger partial charge is 0.0705 e. The Labute approximate surface area is 67.2 Å². The van der Waals surface area contributed by atoms with Crippen LogP contribution in [0.15, 0.2) is 0 Å². The van der Waals surface area contributed by atoms with Crippen molar-refractivity contribution < 1.29 is 5.11 Å². The third-order valence-electron chi connectivity index (χ3n) is 2.57. The summed E-state index contributed by atoms with van der Waals surface area (Å²) in [6.07, 6.45) is 4.14. The van der Waals surface area contributed by atoms with Gasteiger partial charge in [0.25, 0.3) is 0 Å². The molecule has 0 spiro atoms. The molecule has 2 nitrogen and oxygen atoms in total. The zero-order valence-electron chi connectivity index (χ0n) is 5.92. The van der Waals surface area contributed by atoms with E-state index in [4.69, 9.17) is 5.73 Å². The van der Waals surface area contributed by atoms with Crippen LogP contribution in [0.1, 0.15) is 25.7 Å². The molecule has 2 fully saturated rings. The first-order chi connectivity index (χ1) is 4.21. The van der Waals surface area contributed by atoms with Crippen molar-refractivity contribution >= 4 is 12.4 Å². The summed E-state index contributed by atoms with van der Waals surface area (Å²) in [6.45, 7) is 0. The molecule has 0 amide bonds. The number of hydrogen-bond donors (Lipinski definition) is 2. The SMILES string of the molecule is Cl.NC1CC(O)(C2CC2)C1. The number of halogens is 1. The number of nitrogens with two attached hydrogens (primary N) is 1. The second-order valence-electron chi connectivity index (χ2n) is 3.55. The van der Waals surface area contributed by atoms with E-state index < -0.39 is 0 Å². The summed E-state index contributed by atoms with van der Waals surface area (Å²) >= 11 is 0. The predicted octanol–water partition coefficient (Wildman–Crippen LogP) is 0.670. The predicted molar refractivity (Wildman–Crippen MR) is 42.1 cm³/mol. The van der Waals surface area contributed by atoms with Crippen LogP contribution in [0.4, 0.5) is 0 Å². The molecule has 2 aliphatic carbocycles. The summed E-state index contributed by atoms with van der Waals surface area (Å²) in [5.41, 5.74) is 5.24. The highest BCUT2D eigenvalue weighted by Gasteiger charge is 2.51. The molecular formula is C7H14ClNO. The Morgan fingerprint density at radius 1 is 1.30 bits per heavy atom. The fraction of sp³-hybridized carbons (Fsp3) is 1.00. The summed E-state index contributed by atoms with van der Waals surface area (Å²) in [5, 5.41) is 9.64. The van der Waals surface area contributed by atoms with Crippen molar-refractivity contribution in [3.63, 3.8) is 0 Å². The molecular weight excluding hydrogens is 150 g/mol. The molecule has 10 heavy (non-hydrogen) atoms. The van der Waals surface area contributed by atoms with E-state index in [-0.39, 0.29) is 24.0 Å². The van der Waals surface area contributed by atoms with Crippen molar-refractivity contribution in [2.75, 3.05) is 0 Å². The topological polar surface area (TPSA) is 46.2 Å². The fourth-order valence-corrected chi connectivity index (χ4v) is 1.80. The molecule has 2 aliphatic rings. The molecule has 0 unspecified atom stereocenters. The Kier molecular flexibility index (Phi) is 1.96. The summed E-state index contributed by atoms with van der Waals surface area (Å²) in [7, 11) is 0. The molecule has 60 valence electrons.